The fraction of sp³-hybridized carbons (Fsp3) is 0.286. The second-order valence-corrected chi connectivity index (χ2v) is 9.89. The van der Waals surface area contributed by atoms with Crippen LogP contribution in [0.3, 0.4) is 0 Å². The van der Waals surface area contributed by atoms with Crippen molar-refractivity contribution in [2.24, 2.45) is 0 Å². The first kappa shape index (κ1) is 23.1. The Morgan fingerprint density at radius 2 is 1.94 bits per heavy atom. The van der Waals surface area contributed by atoms with Crippen molar-refractivity contribution in [2.45, 2.75) is 37.7 Å². The van der Waals surface area contributed by atoms with Crippen molar-refractivity contribution < 1.29 is 13.5 Å². The summed E-state index contributed by atoms with van der Waals surface area (Å²) in [5, 5.41) is 10.0. The molecule has 0 unspecified atom stereocenters. The van der Waals surface area contributed by atoms with Crippen molar-refractivity contribution in [1.29, 1.82) is 0 Å². The number of nitrogens with zero attached hydrogens (tertiary/aromatic N) is 3. The first-order chi connectivity index (χ1) is 14.5. The topological polar surface area (TPSA) is 131 Å². The number of nitrogen functional groups attached to an aromatic ring is 1. The normalized spacial score (nSPS) is 12.2. The molecule has 0 aliphatic heterocycles. The number of nitrogens with two attached hydrogens (primary N) is 1. The second kappa shape index (κ2) is 8.88. The largest absolute Gasteiger partial charge is 0.390 e. The number of aliphatic hydroxyl groups is 1. The summed E-state index contributed by atoms with van der Waals surface area (Å²) in [6, 6.07) is 8.21. The van der Waals surface area contributed by atoms with Crippen LogP contribution in [0.25, 0.3) is 22.5 Å². The van der Waals surface area contributed by atoms with E-state index in [2.05, 4.69) is 19.7 Å². The molecule has 0 fully saturated rings. The van der Waals surface area contributed by atoms with Crippen LogP contribution in [0.15, 0.2) is 47.6 Å². The molecule has 0 saturated carbocycles. The molecule has 3 aromatic rings. The smallest absolute Gasteiger partial charge is 0.240 e. The Morgan fingerprint density at radius 1 is 1.19 bits per heavy atom. The van der Waals surface area contributed by atoms with Gasteiger partial charge in [0.25, 0.3) is 0 Å². The van der Waals surface area contributed by atoms with Gasteiger partial charge in [0, 0.05) is 23.9 Å². The third-order valence-corrected chi connectivity index (χ3v) is 6.40. The van der Waals surface area contributed by atoms with Crippen LogP contribution in [0.1, 0.15) is 25.8 Å². The Hall–Kier alpha value is -2.59. The number of halogens is 1. The van der Waals surface area contributed by atoms with E-state index in [-0.39, 0.29) is 28.8 Å². The number of pyridine rings is 1. The molecule has 0 atom stereocenters. The summed E-state index contributed by atoms with van der Waals surface area (Å²) in [7, 11) is -3.77. The molecule has 0 amide bonds. The second-order valence-electron chi connectivity index (χ2n) is 7.77. The highest BCUT2D eigenvalue weighted by atomic mass is 35.5. The number of benzene rings is 1. The molecular formula is C21H24ClN5O3S. The Labute approximate surface area is 186 Å². The van der Waals surface area contributed by atoms with Crippen molar-refractivity contribution in [3.8, 4) is 22.5 Å². The van der Waals surface area contributed by atoms with E-state index in [4.69, 9.17) is 17.3 Å². The van der Waals surface area contributed by atoms with Gasteiger partial charge in [-0.05, 0) is 57.0 Å². The lowest BCUT2D eigenvalue weighted by Crippen LogP contribution is -2.30. The highest BCUT2D eigenvalue weighted by Gasteiger charge is 2.20. The SMILES string of the molecule is Cc1ccc(S(=O)(=O)NCCC(C)(C)O)cc1-c1cnc(N)c(-c2cccnc2Cl)n1. The molecule has 164 valence electrons. The number of hydrogen-bond donors (Lipinski definition) is 3. The molecule has 2 heterocycles. The summed E-state index contributed by atoms with van der Waals surface area (Å²) in [6.07, 6.45) is 3.33. The van der Waals surface area contributed by atoms with Gasteiger partial charge in [-0.15, -0.1) is 0 Å². The van der Waals surface area contributed by atoms with Crippen molar-refractivity contribution in [3.05, 3.63) is 53.4 Å². The maximum absolute atomic E-state index is 12.7. The number of rotatable bonds is 7. The number of nitrogens with one attached hydrogen (secondary N) is 1. The molecule has 10 heteroatoms. The summed E-state index contributed by atoms with van der Waals surface area (Å²) in [5.74, 6) is 0.188. The molecule has 4 N–H and O–H groups in total. The molecule has 0 saturated heterocycles. The third-order valence-electron chi connectivity index (χ3n) is 4.64. The van der Waals surface area contributed by atoms with Gasteiger partial charge in [-0.3, -0.25) is 0 Å². The van der Waals surface area contributed by atoms with E-state index in [1.807, 2.05) is 6.92 Å². The summed E-state index contributed by atoms with van der Waals surface area (Å²) in [6.45, 7) is 5.21. The predicted molar refractivity (Wildman–Crippen MR) is 121 cm³/mol. The van der Waals surface area contributed by atoms with Crippen LogP contribution in [-0.2, 0) is 10.0 Å². The zero-order valence-electron chi connectivity index (χ0n) is 17.4. The lowest BCUT2D eigenvalue weighted by molar-refractivity contribution is 0.0728. The van der Waals surface area contributed by atoms with Crippen LogP contribution in [-0.4, -0.2) is 40.6 Å². The predicted octanol–water partition coefficient (Wildman–Crippen LogP) is 3.19. The minimum atomic E-state index is -3.77. The number of hydrogen-bond acceptors (Lipinski definition) is 7. The number of aryl methyl sites for hydroxylation is 1. The van der Waals surface area contributed by atoms with Crippen molar-refractivity contribution >= 4 is 27.4 Å². The number of sulfonamides is 1. The summed E-state index contributed by atoms with van der Waals surface area (Å²) >= 11 is 6.19. The van der Waals surface area contributed by atoms with E-state index in [9.17, 15) is 13.5 Å². The maximum atomic E-state index is 12.7. The molecule has 0 radical (unpaired) electrons. The molecule has 0 aliphatic carbocycles. The molecule has 2 aromatic heterocycles. The molecular weight excluding hydrogens is 438 g/mol. The fourth-order valence-corrected chi connectivity index (χ4v) is 4.17. The van der Waals surface area contributed by atoms with Crippen LogP contribution in [0.4, 0.5) is 5.82 Å². The standard InChI is InChI=1S/C21H24ClN5O3S/c1-13-6-7-14(31(29,30)26-10-8-21(2,3)28)11-16(13)17-12-25-20(23)18(27-17)15-5-4-9-24-19(15)22/h4-7,9,11-12,26,28H,8,10H2,1-3H3,(H2,23,25). The van der Waals surface area contributed by atoms with E-state index < -0.39 is 15.6 Å². The van der Waals surface area contributed by atoms with Gasteiger partial charge in [-0.25, -0.2) is 28.1 Å². The summed E-state index contributed by atoms with van der Waals surface area (Å²) < 4.78 is 28.0. The molecule has 0 spiro atoms. The van der Waals surface area contributed by atoms with E-state index >= 15 is 0 Å². The Balaban J connectivity index is 1.99. The number of aromatic nitrogens is 3. The Bertz CT molecular complexity index is 1210. The van der Waals surface area contributed by atoms with Crippen LogP contribution < -0.4 is 10.5 Å². The van der Waals surface area contributed by atoms with Gasteiger partial charge in [-0.2, -0.15) is 0 Å². The van der Waals surface area contributed by atoms with E-state index in [0.717, 1.165) is 5.56 Å². The molecule has 1 aromatic carbocycles. The van der Waals surface area contributed by atoms with Gasteiger partial charge in [0.2, 0.25) is 10.0 Å². The highest BCUT2D eigenvalue weighted by Crippen LogP contribution is 2.31. The minimum absolute atomic E-state index is 0.0865. The number of anilines is 1. The van der Waals surface area contributed by atoms with Crippen molar-refractivity contribution in [1.82, 2.24) is 19.7 Å². The molecule has 31 heavy (non-hydrogen) atoms. The van der Waals surface area contributed by atoms with Crippen molar-refractivity contribution in [3.63, 3.8) is 0 Å². The fourth-order valence-electron chi connectivity index (χ4n) is 2.91. The first-order valence-corrected chi connectivity index (χ1v) is 11.4. The zero-order chi connectivity index (χ0) is 22.8. The monoisotopic (exact) mass is 461 g/mol. The van der Waals surface area contributed by atoms with E-state index in [1.165, 1.54) is 18.3 Å². The average molecular weight is 462 g/mol. The van der Waals surface area contributed by atoms with Gasteiger partial charge in [0.1, 0.15) is 16.7 Å². The van der Waals surface area contributed by atoms with E-state index in [0.29, 0.717) is 22.5 Å². The van der Waals surface area contributed by atoms with Crippen LogP contribution >= 0.6 is 11.6 Å². The van der Waals surface area contributed by atoms with Gasteiger partial charge in [-0.1, -0.05) is 17.7 Å². The quantitative estimate of drug-likeness (QED) is 0.460. The molecule has 0 bridgehead atoms. The first-order valence-electron chi connectivity index (χ1n) is 9.54. The molecule has 0 aliphatic rings. The minimum Gasteiger partial charge on any atom is -0.390 e. The Kier molecular flexibility index (Phi) is 6.61. The van der Waals surface area contributed by atoms with E-state index in [1.54, 1.807) is 38.2 Å². The van der Waals surface area contributed by atoms with Crippen LogP contribution in [0, 0.1) is 6.92 Å². The highest BCUT2D eigenvalue weighted by molar-refractivity contribution is 7.89. The third kappa shape index (κ3) is 5.56. The van der Waals surface area contributed by atoms with Gasteiger partial charge in [0.15, 0.2) is 0 Å². The van der Waals surface area contributed by atoms with Gasteiger partial charge >= 0.3 is 0 Å². The summed E-state index contributed by atoms with van der Waals surface area (Å²) in [5.41, 5.74) is 7.81. The van der Waals surface area contributed by atoms with Gasteiger partial charge < -0.3 is 10.8 Å². The van der Waals surface area contributed by atoms with Crippen LogP contribution in [0.5, 0.6) is 0 Å². The van der Waals surface area contributed by atoms with Crippen molar-refractivity contribution in [2.75, 3.05) is 12.3 Å². The average Bonchev–Trinajstić information content (AvgIpc) is 2.68. The zero-order valence-corrected chi connectivity index (χ0v) is 19.0. The molecule has 3 rings (SSSR count). The maximum Gasteiger partial charge on any atom is 0.240 e. The summed E-state index contributed by atoms with van der Waals surface area (Å²) in [4.78, 5) is 12.9. The lowest BCUT2D eigenvalue weighted by atomic mass is 10.1. The van der Waals surface area contributed by atoms with Gasteiger partial charge in [0.05, 0.1) is 22.4 Å². The lowest BCUT2D eigenvalue weighted by Gasteiger charge is -2.17. The van der Waals surface area contributed by atoms with Crippen LogP contribution in [0.2, 0.25) is 5.15 Å². The molecule has 8 nitrogen and oxygen atoms in total. The Morgan fingerprint density at radius 3 is 2.61 bits per heavy atom.